The molecule has 3 aromatic heterocycles. The van der Waals surface area contributed by atoms with E-state index in [1.165, 1.54) is 13.2 Å². The van der Waals surface area contributed by atoms with Crippen LogP contribution in [-0.4, -0.2) is 70.7 Å². The molecule has 1 aliphatic heterocycles. The molecule has 1 aliphatic rings. The molecule has 0 amide bonds. The number of benzene rings is 3. The number of aromatic nitrogens is 5. The van der Waals surface area contributed by atoms with Crippen LogP contribution in [0.1, 0.15) is 63.3 Å². The molecule has 0 radical (unpaired) electrons. The zero-order valence-corrected chi connectivity index (χ0v) is 33.0. The Morgan fingerprint density at radius 2 is 1.82 bits per heavy atom. The van der Waals surface area contributed by atoms with Crippen molar-refractivity contribution in [2.45, 2.75) is 58.8 Å². The highest BCUT2D eigenvalue weighted by Gasteiger charge is 2.30. The fourth-order valence-electron chi connectivity index (χ4n) is 7.72. The molecule has 290 valence electrons. The topological polar surface area (TPSA) is 104 Å². The Morgan fingerprint density at radius 3 is 2.62 bits per heavy atom. The van der Waals surface area contributed by atoms with E-state index in [0.29, 0.717) is 75.1 Å². The second kappa shape index (κ2) is 16.5. The van der Waals surface area contributed by atoms with E-state index in [9.17, 15) is 9.18 Å². The smallest absolute Gasteiger partial charge is 0.354 e. The van der Waals surface area contributed by atoms with E-state index in [4.69, 9.17) is 45.5 Å². The van der Waals surface area contributed by atoms with Gasteiger partial charge in [0.1, 0.15) is 23.4 Å². The number of halogens is 2. The zero-order chi connectivity index (χ0) is 38.8. The SMILES string of the molecule is COCCOCCC1OCc2cc(n(C)n2)CCc2cc(c3ccc(F)cc3c2)OCCCn2c(C(=O)OC)c(C)c3c(c(Cl)ccc32)-c2c1nn(C)c2C. The fourth-order valence-corrected chi connectivity index (χ4v) is 7.97. The van der Waals surface area contributed by atoms with Crippen molar-refractivity contribution in [2.75, 3.05) is 40.6 Å². The number of esters is 1. The van der Waals surface area contributed by atoms with E-state index in [1.54, 1.807) is 19.2 Å². The minimum absolute atomic E-state index is 0.235. The zero-order valence-electron chi connectivity index (χ0n) is 32.2. The molecule has 0 saturated carbocycles. The van der Waals surface area contributed by atoms with Crippen LogP contribution < -0.4 is 4.74 Å². The van der Waals surface area contributed by atoms with E-state index in [-0.39, 0.29) is 12.4 Å². The van der Waals surface area contributed by atoms with E-state index >= 15 is 0 Å². The van der Waals surface area contributed by atoms with Crippen molar-refractivity contribution in [1.82, 2.24) is 24.1 Å². The first kappa shape index (κ1) is 38.5. The van der Waals surface area contributed by atoms with Crippen LogP contribution in [0.4, 0.5) is 4.39 Å². The van der Waals surface area contributed by atoms with Crippen LogP contribution in [0.25, 0.3) is 32.8 Å². The van der Waals surface area contributed by atoms with Crippen LogP contribution in [-0.2, 0) is 59.0 Å². The Bertz CT molecular complexity index is 2360. The van der Waals surface area contributed by atoms with Gasteiger partial charge in [0.25, 0.3) is 0 Å². The summed E-state index contributed by atoms with van der Waals surface area (Å²) < 4.78 is 49.8. The summed E-state index contributed by atoms with van der Waals surface area (Å²) >= 11 is 7.17. The molecule has 3 aromatic carbocycles. The van der Waals surface area contributed by atoms with E-state index in [2.05, 4.69) is 6.07 Å². The molecule has 1 atom stereocenters. The van der Waals surface area contributed by atoms with Gasteiger partial charge in [-0.3, -0.25) is 9.36 Å². The van der Waals surface area contributed by atoms with Gasteiger partial charge in [-0.1, -0.05) is 17.7 Å². The van der Waals surface area contributed by atoms with Gasteiger partial charge < -0.3 is 28.3 Å². The van der Waals surface area contributed by atoms with Gasteiger partial charge in [-0.2, -0.15) is 10.2 Å². The third-order valence-corrected chi connectivity index (χ3v) is 10.8. The summed E-state index contributed by atoms with van der Waals surface area (Å²) in [6.45, 7) is 6.35. The van der Waals surface area contributed by atoms with E-state index in [1.807, 2.05) is 66.1 Å². The lowest BCUT2D eigenvalue weighted by Gasteiger charge is -2.19. The predicted octanol–water partition coefficient (Wildman–Crippen LogP) is 8.00. The summed E-state index contributed by atoms with van der Waals surface area (Å²) in [5.74, 6) is -0.0642. The Balaban J connectivity index is 1.38. The number of aryl methyl sites for hydroxylation is 6. The van der Waals surface area contributed by atoms with Crippen LogP contribution in [0.15, 0.2) is 48.5 Å². The normalized spacial score (nSPS) is 15.2. The molecule has 55 heavy (non-hydrogen) atoms. The number of carbonyl (C=O) groups is 1. The van der Waals surface area contributed by atoms with Gasteiger partial charge in [0.2, 0.25) is 0 Å². The van der Waals surface area contributed by atoms with Crippen LogP contribution in [0.3, 0.4) is 0 Å². The van der Waals surface area contributed by atoms with Gasteiger partial charge >= 0.3 is 5.97 Å². The van der Waals surface area contributed by atoms with Gasteiger partial charge in [0, 0.05) is 84.6 Å². The monoisotopic (exact) mass is 771 g/mol. The highest BCUT2D eigenvalue weighted by Crippen LogP contribution is 2.44. The average Bonchev–Trinajstić information content (AvgIpc) is 3.78. The van der Waals surface area contributed by atoms with Crippen molar-refractivity contribution < 1.29 is 32.9 Å². The summed E-state index contributed by atoms with van der Waals surface area (Å²) in [7, 11) is 6.88. The third kappa shape index (κ3) is 7.73. The number of ether oxygens (including phenoxy) is 5. The molecule has 0 aliphatic carbocycles. The van der Waals surface area contributed by atoms with Gasteiger partial charge in [0.05, 0.1) is 44.9 Å². The summed E-state index contributed by atoms with van der Waals surface area (Å²) in [6.07, 6.45) is 2.00. The molecule has 1 unspecified atom stereocenters. The van der Waals surface area contributed by atoms with Crippen molar-refractivity contribution in [2.24, 2.45) is 14.1 Å². The highest BCUT2D eigenvalue weighted by atomic mass is 35.5. The molecular formula is C42H47ClFN5O6. The standard InChI is InChI=1S/C42H47ClFN5O6/c1-25-37-34-13-12-33(43)39(37)38-26(2)47(3)46-40(38)35(14-17-53-19-18-51-5)55-24-30-23-31(48(4)45-30)10-8-27-20-28-22-29(44)9-11-32(28)36(21-27)54-16-7-15-49(34)41(25)42(50)52-6/h9,11-13,20-23,35H,7-8,10,14-19,24H2,1-6H3. The van der Waals surface area contributed by atoms with E-state index < -0.39 is 12.1 Å². The largest absolute Gasteiger partial charge is 0.493 e. The van der Waals surface area contributed by atoms with Crippen molar-refractivity contribution in [3.05, 3.63) is 99.0 Å². The van der Waals surface area contributed by atoms with Crippen LogP contribution in [0.5, 0.6) is 5.75 Å². The maximum Gasteiger partial charge on any atom is 0.354 e. The molecule has 6 aromatic rings. The average molecular weight is 772 g/mol. The molecule has 7 rings (SSSR count). The summed E-state index contributed by atoms with van der Waals surface area (Å²) in [4.78, 5) is 13.5. The first-order valence-electron chi connectivity index (χ1n) is 18.6. The van der Waals surface area contributed by atoms with Gasteiger partial charge in [-0.05, 0) is 92.1 Å². The maximum atomic E-state index is 14.4. The molecule has 0 N–H and O–H groups in total. The van der Waals surface area contributed by atoms with Crippen LogP contribution in [0.2, 0.25) is 5.02 Å². The minimum atomic E-state index is -0.487. The number of rotatable bonds is 7. The first-order chi connectivity index (χ1) is 26.6. The van der Waals surface area contributed by atoms with Crippen molar-refractivity contribution in [1.29, 1.82) is 0 Å². The van der Waals surface area contributed by atoms with Crippen LogP contribution >= 0.6 is 11.6 Å². The lowest BCUT2D eigenvalue weighted by Crippen LogP contribution is -2.13. The number of nitrogens with zero attached hydrogens (tertiary/aromatic N) is 5. The van der Waals surface area contributed by atoms with Gasteiger partial charge in [0.15, 0.2) is 0 Å². The lowest BCUT2D eigenvalue weighted by molar-refractivity contribution is -0.000806. The molecule has 0 spiro atoms. The fraction of sp³-hybridized carbons (Fsp3) is 0.405. The van der Waals surface area contributed by atoms with Crippen molar-refractivity contribution in [3.8, 4) is 16.9 Å². The molecule has 0 fully saturated rings. The Labute approximate surface area is 324 Å². The molecule has 0 saturated heterocycles. The second-order valence-corrected chi connectivity index (χ2v) is 14.4. The molecule has 4 heterocycles. The Kier molecular flexibility index (Phi) is 11.6. The number of carbonyl (C=O) groups excluding carboxylic acids is 1. The Hall–Kier alpha value is -4.75. The number of fused-ring (bicyclic) bond motifs is 8. The summed E-state index contributed by atoms with van der Waals surface area (Å²) in [5.41, 5.74) is 8.10. The summed E-state index contributed by atoms with van der Waals surface area (Å²) in [6, 6.07) is 14.7. The first-order valence-corrected chi connectivity index (χ1v) is 19.0. The summed E-state index contributed by atoms with van der Waals surface area (Å²) in [5, 5.41) is 12.8. The van der Waals surface area contributed by atoms with Crippen molar-refractivity contribution >= 4 is 39.2 Å². The second-order valence-electron chi connectivity index (χ2n) is 14.0. The number of hydrogen-bond acceptors (Lipinski definition) is 8. The molecule has 8 bridgehead atoms. The third-order valence-electron chi connectivity index (χ3n) is 10.5. The quantitative estimate of drug-likeness (QED) is 0.119. The lowest BCUT2D eigenvalue weighted by atomic mass is 9.94. The highest BCUT2D eigenvalue weighted by molar-refractivity contribution is 6.35. The van der Waals surface area contributed by atoms with Gasteiger partial charge in [-0.25, -0.2) is 9.18 Å². The van der Waals surface area contributed by atoms with Crippen molar-refractivity contribution in [3.63, 3.8) is 0 Å². The van der Waals surface area contributed by atoms with Crippen LogP contribution in [0, 0.1) is 19.7 Å². The number of hydrogen-bond donors (Lipinski definition) is 0. The maximum absolute atomic E-state index is 14.4. The minimum Gasteiger partial charge on any atom is -0.493 e. The molecular weight excluding hydrogens is 725 g/mol. The van der Waals surface area contributed by atoms with Gasteiger partial charge in [-0.15, -0.1) is 0 Å². The molecule has 11 nitrogen and oxygen atoms in total. The predicted molar refractivity (Wildman–Crippen MR) is 209 cm³/mol. The Morgan fingerprint density at radius 1 is 0.982 bits per heavy atom. The molecule has 13 heteroatoms. The van der Waals surface area contributed by atoms with E-state index in [0.717, 1.165) is 66.7 Å². The number of methoxy groups -OCH3 is 2.